The summed E-state index contributed by atoms with van der Waals surface area (Å²) < 4.78 is 38.3. The van der Waals surface area contributed by atoms with E-state index in [2.05, 4.69) is 47.3 Å². The third kappa shape index (κ3) is 5.59. The lowest BCUT2D eigenvalue weighted by Gasteiger charge is -2.21. The molecule has 0 aliphatic carbocycles. The zero-order valence-corrected chi connectivity index (χ0v) is 19.9. The zero-order chi connectivity index (χ0) is 25.9. The van der Waals surface area contributed by atoms with Crippen molar-refractivity contribution in [2.24, 2.45) is 20.7 Å². The summed E-state index contributed by atoms with van der Waals surface area (Å²) in [4.78, 5) is 27.9. The Kier molecular flexibility index (Phi) is 7.15. The van der Waals surface area contributed by atoms with E-state index in [0.717, 1.165) is 31.5 Å². The van der Waals surface area contributed by atoms with Crippen molar-refractivity contribution >= 4 is 45.9 Å². The molecule has 1 saturated heterocycles. The largest absolute Gasteiger partial charge is 0.445 e. The minimum atomic E-state index is -4.64. The van der Waals surface area contributed by atoms with Crippen molar-refractivity contribution in [3.63, 3.8) is 0 Å². The number of amides is 1. The number of nitrogens with two attached hydrogens (primary N) is 1. The second-order valence-corrected chi connectivity index (χ2v) is 8.82. The maximum absolute atomic E-state index is 12.8. The molecule has 0 unspecified atom stereocenters. The number of rotatable bonds is 5. The Morgan fingerprint density at radius 1 is 1.25 bits per heavy atom. The maximum atomic E-state index is 12.8. The standard InChI is InChI=1S/C22H22F3N9OS/c1-3-27-15-11-28-20(34-8-4-5-9-34)30-16(15)17(26)29-14-10-13(7-6-12(14)2)18(35)31-21-33-32-19(36-21)22(23,24)25/h3,6-7,10-11,29H,1,4-5,8-9,26H2,2H3,(H,31,33,35)/b17-16-,27-15-. The summed E-state index contributed by atoms with van der Waals surface area (Å²) in [5, 5.41) is 10.4. The van der Waals surface area contributed by atoms with E-state index in [1.54, 1.807) is 12.3 Å². The summed E-state index contributed by atoms with van der Waals surface area (Å²) in [5.41, 5.74) is 8.60. The molecule has 3 heterocycles. The van der Waals surface area contributed by atoms with Crippen LogP contribution in [0.2, 0.25) is 0 Å². The van der Waals surface area contributed by atoms with Crippen LogP contribution in [-0.4, -0.2) is 52.0 Å². The highest BCUT2D eigenvalue weighted by Crippen LogP contribution is 2.33. The molecule has 1 aromatic carbocycles. The van der Waals surface area contributed by atoms with Gasteiger partial charge in [0.15, 0.2) is 0 Å². The molecule has 4 rings (SSSR count). The van der Waals surface area contributed by atoms with Crippen molar-refractivity contribution in [3.8, 4) is 0 Å². The van der Waals surface area contributed by atoms with E-state index in [-0.39, 0.29) is 27.9 Å². The lowest BCUT2D eigenvalue weighted by atomic mass is 10.1. The van der Waals surface area contributed by atoms with E-state index < -0.39 is 17.1 Å². The van der Waals surface area contributed by atoms with Gasteiger partial charge in [0.2, 0.25) is 16.1 Å². The number of aryl methyl sites for hydroxylation is 1. The predicted molar refractivity (Wildman–Crippen MR) is 133 cm³/mol. The number of likely N-dealkylation sites (tertiary alicyclic amines) is 1. The van der Waals surface area contributed by atoms with Crippen LogP contribution in [0.25, 0.3) is 0 Å². The average molecular weight is 518 g/mol. The molecule has 0 radical (unpaired) electrons. The smallest absolute Gasteiger partial charge is 0.383 e. The first-order valence-corrected chi connectivity index (χ1v) is 11.6. The van der Waals surface area contributed by atoms with E-state index >= 15 is 0 Å². The van der Waals surface area contributed by atoms with Crippen LogP contribution < -0.4 is 16.4 Å². The summed E-state index contributed by atoms with van der Waals surface area (Å²) in [7, 11) is 0. The number of carbonyl (C=O) groups excluding carboxylic acids is 1. The summed E-state index contributed by atoms with van der Waals surface area (Å²) >= 11 is 0.240. The van der Waals surface area contributed by atoms with Crippen LogP contribution in [0.4, 0.5) is 24.0 Å². The van der Waals surface area contributed by atoms with Crippen molar-refractivity contribution in [2.75, 3.05) is 23.7 Å². The SMILES string of the molecule is C=C/N=C1/C=NC(N2CCCC2)=N/C1=C(/N)Nc1cc(C(=O)Nc2nnc(C(F)(F)F)s2)ccc1C. The first-order valence-electron chi connectivity index (χ1n) is 10.8. The normalized spacial score (nSPS) is 18.3. The Labute approximate surface area is 208 Å². The number of carbonyl (C=O) groups is 1. The van der Waals surface area contributed by atoms with Gasteiger partial charge in [-0.2, -0.15) is 13.2 Å². The minimum Gasteiger partial charge on any atom is -0.383 e. The van der Waals surface area contributed by atoms with E-state index in [1.807, 2.05) is 6.92 Å². The van der Waals surface area contributed by atoms with Crippen LogP contribution in [0.15, 0.2) is 57.5 Å². The average Bonchev–Trinajstić information content (AvgIpc) is 3.53. The second-order valence-electron chi connectivity index (χ2n) is 7.84. The number of aliphatic imine (C=N–C) groups is 3. The van der Waals surface area contributed by atoms with Gasteiger partial charge in [0.25, 0.3) is 5.91 Å². The third-order valence-electron chi connectivity index (χ3n) is 5.29. The maximum Gasteiger partial charge on any atom is 0.445 e. The summed E-state index contributed by atoms with van der Waals surface area (Å²) in [6.07, 6.45) is 0.398. The predicted octanol–water partition coefficient (Wildman–Crippen LogP) is 3.78. The molecule has 2 aromatic rings. The Morgan fingerprint density at radius 3 is 2.67 bits per heavy atom. The van der Waals surface area contributed by atoms with E-state index in [1.165, 1.54) is 18.3 Å². The van der Waals surface area contributed by atoms with Crippen LogP contribution >= 0.6 is 11.3 Å². The van der Waals surface area contributed by atoms with Crippen molar-refractivity contribution in [3.05, 3.63) is 58.6 Å². The van der Waals surface area contributed by atoms with Gasteiger partial charge in [-0.1, -0.05) is 24.0 Å². The summed E-state index contributed by atoms with van der Waals surface area (Å²) in [6.45, 7) is 7.12. The molecule has 0 atom stereocenters. The van der Waals surface area contributed by atoms with Crippen LogP contribution in [0.1, 0.15) is 33.8 Å². The summed E-state index contributed by atoms with van der Waals surface area (Å²) in [5.74, 6) is 0.0654. The van der Waals surface area contributed by atoms with Crippen molar-refractivity contribution < 1.29 is 18.0 Å². The first kappa shape index (κ1) is 25.0. The Hall–Kier alpha value is -4.07. The van der Waals surface area contributed by atoms with E-state index in [9.17, 15) is 18.0 Å². The molecule has 0 saturated carbocycles. The molecule has 1 amide bonds. The molecule has 188 valence electrons. The Balaban J connectivity index is 1.58. The van der Waals surface area contributed by atoms with Gasteiger partial charge in [0, 0.05) is 30.5 Å². The fraction of sp³-hybridized carbons (Fsp3) is 0.273. The summed E-state index contributed by atoms with van der Waals surface area (Å²) in [6, 6.07) is 4.74. The quantitative estimate of drug-likeness (QED) is 0.553. The molecule has 2 aliphatic rings. The number of alkyl halides is 3. The molecule has 10 nitrogen and oxygen atoms in total. The minimum absolute atomic E-state index is 0.177. The fourth-order valence-corrected chi connectivity index (χ4v) is 4.09. The van der Waals surface area contributed by atoms with Crippen molar-refractivity contribution in [1.82, 2.24) is 15.1 Å². The van der Waals surface area contributed by atoms with Gasteiger partial charge in [-0.3, -0.25) is 15.1 Å². The van der Waals surface area contributed by atoms with Crippen molar-refractivity contribution in [2.45, 2.75) is 25.9 Å². The molecule has 0 bridgehead atoms. The van der Waals surface area contributed by atoms with E-state index in [4.69, 9.17) is 5.73 Å². The third-order valence-corrected chi connectivity index (χ3v) is 6.17. The number of nitrogens with zero attached hydrogens (tertiary/aromatic N) is 6. The molecule has 36 heavy (non-hydrogen) atoms. The molecule has 0 spiro atoms. The van der Waals surface area contributed by atoms with Gasteiger partial charge >= 0.3 is 6.18 Å². The van der Waals surface area contributed by atoms with Crippen LogP contribution in [0.3, 0.4) is 0 Å². The molecule has 14 heteroatoms. The number of nitrogens with one attached hydrogen (secondary N) is 2. The monoisotopic (exact) mass is 517 g/mol. The number of hydrogen-bond donors (Lipinski definition) is 3. The Bertz CT molecular complexity index is 1300. The zero-order valence-electron chi connectivity index (χ0n) is 19.1. The highest BCUT2D eigenvalue weighted by atomic mass is 32.1. The van der Waals surface area contributed by atoms with Crippen molar-refractivity contribution in [1.29, 1.82) is 0 Å². The lowest BCUT2D eigenvalue weighted by molar-refractivity contribution is -0.138. The first-order chi connectivity index (χ1) is 17.2. The van der Waals surface area contributed by atoms with Crippen LogP contribution in [0, 0.1) is 6.92 Å². The number of benzene rings is 1. The van der Waals surface area contributed by atoms with Crippen LogP contribution in [-0.2, 0) is 6.18 Å². The second kappa shape index (κ2) is 10.3. The number of halogens is 3. The van der Waals surface area contributed by atoms with Gasteiger partial charge in [-0.25, -0.2) is 9.98 Å². The number of hydrogen-bond acceptors (Lipinski definition) is 10. The Morgan fingerprint density at radius 2 is 2.00 bits per heavy atom. The number of anilines is 2. The number of allylic oxidation sites excluding steroid dienone is 1. The van der Waals surface area contributed by atoms with Gasteiger partial charge < -0.3 is 16.0 Å². The molecule has 4 N–H and O–H groups in total. The fourth-order valence-electron chi connectivity index (χ4n) is 3.49. The van der Waals surface area contributed by atoms with Gasteiger partial charge in [0.05, 0.1) is 6.21 Å². The van der Waals surface area contributed by atoms with E-state index in [0.29, 0.717) is 23.1 Å². The highest BCUT2D eigenvalue weighted by Gasteiger charge is 2.35. The molecule has 1 aromatic heterocycles. The topological polar surface area (TPSA) is 133 Å². The van der Waals surface area contributed by atoms with Gasteiger partial charge in [-0.15, -0.1) is 10.2 Å². The molecular formula is C22H22F3N9OS. The van der Waals surface area contributed by atoms with Crippen LogP contribution in [0.5, 0.6) is 0 Å². The number of aromatic nitrogens is 2. The van der Waals surface area contributed by atoms with Gasteiger partial charge in [-0.05, 0) is 37.5 Å². The molecule has 1 fully saturated rings. The highest BCUT2D eigenvalue weighted by molar-refractivity contribution is 7.15. The lowest BCUT2D eigenvalue weighted by Crippen LogP contribution is -2.31. The molecule has 2 aliphatic heterocycles. The number of guanidine groups is 1. The van der Waals surface area contributed by atoms with Gasteiger partial charge in [0.1, 0.15) is 17.2 Å². The molecular weight excluding hydrogens is 495 g/mol.